The number of fused-ring (bicyclic) bond motifs is 1. The van der Waals surface area contributed by atoms with Gasteiger partial charge in [0.2, 0.25) is 0 Å². The minimum absolute atomic E-state index is 0.146. The molecule has 1 N–H and O–H groups in total. The summed E-state index contributed by atoms with van der Waals surface area (Å²) in [5.41, 5.74) is 2.26. The number of benzene rings is 2. The van der Waals surface area contributed by atoms with Crippen LogP contribution < -0.4 is 5.32 Å². The van der Waals surface area contributed by atoms with E-state index in [0.29, 0.717) is 5.56 Å². The highest BCUT2D eigenvalue weighted by Gasteiger charge is 2.09. The summed E-state index contributed by atoms with van der Waals surface area (Å²) in [6.07, 6.45) is 1.60. The lowest BCUT2D eigenvalue weighted by atomic mass is 10.1. The molecule has 0 saturated carbocycles. The first-order valence-corrected chi connectivity index (χ1v) is 7.22. The molecule has 4 heteroatoms. The molecule has 3 aromatic rings. The Balaban J connectivity index is 1.91. The minimum atomic E-state index is -0.146. The Morgan fingerprint density at radius 3 is 2.65 bits per heavy atom. The number of carbonyl (C=O) groups excluding carboxylic acids is 1. The Bertz CT molecular complexity index is 786. The number of nitrogens with zero attached hydrogens (tertiary/aromatic N) is 1. The van der Waals surface area contributed by atoms with Gasteiger partial charge in [-0.2, -0.15) is 0 Å². The van der Waals surface area contributed by atoms with Gasteiger partial charge in [0.25, 0.3) is 5.91 Å². The molecule has 0 unspecified atom stereocenters. The first-order valence-electron chi connectivity index (χ1n) is 6.15. The van der Waals surface area contributed by atoms with Gasteiger partial charge in [0, 0.05) is 15.2 Å². The Morgan fingerprint density at radius 2 is 1.80 bits per heavy atom. The monoisotopic (exact) mass is 374 g/mol. The number of amides is 1. The lowest BCUT2D eigenvalue weighted by molar-refractivity contribution is 0.102. The third-order valence-electron chi connectivity index (χ3n) is 2.97. The normalized spacial score (nSPS) is 10.4. The Labute approximate surface area is 130 Å². The average Bonchev–Trinajstić information content (AvgIpc) is 2.49. The van der Waals surface area contributed by atoms with Crippen LogP contribution in [0.3, 0.4) is 0 Å². The largest absolute Gasteiger partial charge is 0.321 e. The topological polar surface area (TPSA) is 42.0 Å². The lowest BCUT2D eigenvalue weighted by Gasteiger charge is -2.07. The summed E-state index contributed by atoms with van der Waals surface area (Å²) in [7, 11) is 0. The van der Waals surface area contributed by atoms with E-state index in [9.17, 15) is 4.79 Å². The van der Waals surface area contributed by atoms with E-state index in [1.165, 1.54) is 0 Å². The molecule has 1 aromatic heterocycles. The van der Waals surface area contributed by atoms with E-state index < -0.39 is 0 Å². The van der Waals surface area contributed by atoms with Crippen molar-refractivity contribution in [3.05, 3.63) is 69.9 Å². The molecule has 0 aliphatic heterocycles. The molecule has 20 heavy (non-hydrogen) atoms. The van der Waals surface area contributed by atoms with Crippen LogP contribution in [0.1, 0.15) is 10.4 Å². The molecule has 98 valence electrons. The number of para-hydroxylation sites is 2. The van der Waals surface area contributed by atoms with E-state index in [0.717, 1.165) is 20.2 Å². The quantitative estimate of drug-likeness (QED) is 0.687. The molecule has 0 aliphatic rings. The zero-order chi connectivity index (χ0) is 13.9. The van der Waals surface area contributed by atoms with E-state index in [-0.39, 0.29) is 5.91 Å². The van der Waals surface area contributed by atoms with E-state index >= 15 is 0 Å². The highest BCUT2D eigenvalue weighted by molar-refractivity contribution is 14.1. The van der Waals surface area contributed by atoms with Crippen molar-refractivity contribution in [2.75, 3.05) is 5.32 Å². The van der Waals surface area contributed by atoms with Crippen molar-refractivity contribution in [1.29, 1.82) is 0 Å². The van der Waals surface area contributed by atoms with Crippen molar-refractivity contribution in [2.24, 2.45) is 0 Å². The zero-order valence-corrected chi connectivity index (χ0v) is 12.7. The number of halogens is 1. The highest BCUT2D eigenvalue weighted by Crippen LogP contribution is 2.19. The van der Waals surface area contributed by atoms with Crippen molar-refractivity contribution in [1.82, 2.24) is 4.98 Å². The molecule has 0 bridgehead atoms. The van der Waals surface area contributed by atoms with Crippen LogP contribution in [-0.4, -0.2) is 10.9 Å². The van der Waals surface area contributed by atoms with Crippen LogP contribution in [0, 0.1) is 3.57 Å². The van der Waals surface area contributed by atoms with Crippen LogP contribution in [0.15, 0.2) is 60.8 Å². The van der Waals surface area contributed by atoms with Gasteiger partial charge in [0.1, 0.15) is 0 Å². The van der Waals surface area contributed by atoms with Gasteiger partial charge >= 0.3 is 0 Å². The third kappa shape index (κ3) is 2.65. The number of carbonyl (C=O) groups is 1. The van der Waals surface area contributed by atoms with E-state index in [4.69, 9.17) is 0 Å². The molecular weight excluding hydrogens is 363 g/mol. The second kappa shape index (κ2) is 5.58. The average molecular weight is 374 g/mol. The van der Waals surface area contributed by atoms with Crippen LogP contribution in [0.5, 0.6) is 0 Å². The van der Waals surface area contributed by atoms with E-state index in [1.807, 2.05) is 54.6 Å². The fourth-order valence-corrected chi connectivity index (χ4v) is 2.47. The summed E-state index contributed by atoms with van der Waals surface area (Å²) < 4.78 is 1.01. The molecule has 3 rings (SSSR count). The molecule has 0 radical (unpaired) electrons. The number of rotatable bonds is 2. The van der Waals surface area contributed by atoms with Gasteiger partial charge in [-0.1, -0.05) is 30.3 Å². The van der Waals surface area contributed by atoms with Crippen molar-refractivity contribution in [3.8, 4) is 0 Å². The lowest BCUT2D eigenvalue weighted by Crippen LogP contribution is -2.13. The molecule has 2 aromatic carbocycles. The van der Waals surface area contributed by atoms with Gasteiger partial charge in [-0.25, -0.2) is 0 Å². The summed E-state index contributed by atoms with van der Waals surface area (Å²) in [4.78, 5) is 16.6. The standard InChI is InChI=1S/C16H11IN2O/c17-13-6-2-4-8-15(13)19-16(20)12-9-11-5-1-3-7-14(11)18-10-12/h1-10H,(H,19,20). The number of aromatic nitrogens is 1. The van der Waals surface area contributed by atoms with Crippen molar-refractivity contribution in [3.63, 3.8) is 0 Å². The summed E-state index contributed by atoms with van der Waals surface area (Å²) in [6.45, 7) is 0. The van der Waals surface area contributed by atoms with Crippen LogP contribution in [0.2, 0.25) is 0 Å². The predicted octanol–water partition coefficient (Wildman–Crippen LogP) is 4.09. The van der Waals surface area contributed by atoms with Crippen LogP contribution >= 0.6 is 22.6 Å². The van der Waals surface area contributed by atoms with Gasteiger partial charge in [0.05, 0.1) is 16.8 Å². The summed E-state index contributed by atoms with van der Waals surface area (Å²) in [6, 6.07) is 17.3. The molecule has 1 amide bonds. The molecule has 0 saturated heterocycles. The molecular formula is C16H11IN2O. The molecule has 1 heterocycles. The minimum Gasteiger partial charge on any atom is -0.321 e. The van der Waals surface area contributed by atoms with E-state index in [1.54, 1.807) is 6.20 Å². The highest BCUT2D eigenvalue weighted by atomic mass is 127. The molecule has 3 nitrogen and oxygen atoms in total. The molecule has 0 fully saturated rings. The first kappa shape index (κ1) is 13.1. The fourth-order valence-electron chi connectivity index (χ4n) is 1.95. The number of hydrogen-bond donors (Lipinski definition) is 1. The maximum atomic E-state index is 12.3. The Hall–Kier alpha value is -1.95. The predicted molar refractivity (Wildman–Crippen MR) is 88.9 cm³/mol. The van der Waals surface area contributed by atoms with Gasteiger partial charge in [-0.3, -0.25) is 9.78 Å². The Morgan fingerprint density at radius 1 is 1.05 bits per heavy atom. The third-order valence-corrected chi connectivity index (χ3v) is 3.92. The second-order valence-electron chi connectivity index (χ2n) is 4.35. The Kier molecular flexibility index (Phi) is 3.64. The smallest absolute Gasteiger partial charge is 0.257 e. The molecule has 0 aliphatic carbocycles. The van der Waals surface area contributed by atoms with Crippen molar-refractivity contribution in [2.45, 2.75) is 0 Å². The maximum absolute atomic E-state index is 12.3. The van der Waals surface area contributed by atoms with Gasteiger partial charge in [-0.15, -0.1) is 0 Å². The van der Waals surface area contributed by atoms with Crippen LogP contribution in [0.4, 0.5) is 5.69 Å². The molecule has 0 spiro atoms. The summed E-state index contributed by atoms with van der Waals surface area (Å²) in [5.74, 6) is -0.146. The SMILES string of the molecule is O=C(Nc1ccccc1I)c1cnc2ccccc2c1. The van der Waals surface area contributed by atoms with Crippen molar-refractivity contribution >= 4 is 45.1 Å². The first-order chi connectivity index (χ1) is 9.74. The number of pyridine rings is 1. The van der Waals surface area contributed by atoms with Crippen molar-refractivity contribution < 1.29 is 4.79 Å². The number of hydrogen-bond acceptors (Lipinski definition) is 2. The van der Waals surface area contributed by atoms with Gasteiger partial charge in [0.15, 0.2) is 0 Å². The van der Waals surface area contributed by atoms with Gasteiger partial charge in [-0.05, 0) is 46.9 Å². The van der Waals surface area contributed by atoms with Gasteiger partial charge < -0.3 is 5.32 Å². The zero-order valence-electron chi connectivity index (χ0n) is 10.5. The van der Waals surface area contributed by atoms with E-state index in [2.05, 4.69) is 32.9 Å². The summed E-state index contributed by atoms with van der Waals surface area (Å²) >= 11 is 2.20. The van der Waals surface area contributed by atoms with Crippen LogP contribution in [-0.2, 0) is 0 Å². The molecule has 0 atom stereocenters. The maximum Gasteiger partial charge on any atom is 0.257 e. The fraction of sp³-hybridized carbons (Fsp3) is 0. The van der Waals surface area contributed by atoms with Crippen LogP contribution in [0.25, 0.3) is 10.9 Å². The second-order valence-corrected chi connectivity index (χ2v) is 5.51. The number of nitrogens with one attached hydrogen (secondary N) is 1. The number of anilines is 1. The summed E-state index contributed by atoms with van der Waals surface area (Å²) in [5, 5.41) is 3.87.